The summed E-state index contributed by atoms with van der Waals surface area (Å²) in [5, 5.41) is 0. The minimum atomic E-state index is 0.631. The van der Waals surface area contributed by atoms with Gasteiger partial charge in [0.2, 0.25) is 0 Å². The molecule has 1 rings (SSSR count). The van der Waals surface area contributed by atoms with Crippen LogP contribution in [-0.4, -0.2) is 23.1 Å². The highest BCUT2D eigenvalue weighted by Gasteiger charge is 2.13. The molecule has 1 aromatic rings. The van der Waals surface area contributed by atoms with Gasteiger partial charge in [-0.15, -0.1) is 0 Å². The molecule has 0 radical (unpaired) electrons. The Bertz CT molecular complexity index is 338. The molecule has 0 spiro atoms. The molecule has 17 heavy (non-hydrogen) atoms. The lowest BCUT2D eigenvalue weighted by Crippen LogP contribution is -2.26. The number of aromatic nitrogens is 2. The number of rotatable bonds is 7. The van der Waals surface area contributed by atoms with E-state index in [1.165, 1.54) is 12.8 Å². The highest BCUT2D eigenvalue weighted by atomic mass is 15.2. The number of nitrogens with two attached hydrogens (primary N) is 1. The predicted molar refractivity (Wildman–Crippen MR) is 73.2 cm³/mol. The zero-order valence-corrected chi connectivity index (χ0v) is 11.2. The third kappa shape index (κ3) is 3.58. The lowest BCUT2D eigenvalue weighted by molar-refractivity contribution is 0.716. The van der Waals surface area contributed by atoms with Crippen molar-refractivity contribution in [2.45, 2.75) is 46.5 Å². The van der Waals surface area contributed by atoms with Crippen LogP contribution in [0.5, 0.6) is 0 Å². The zero-order chi connectivity index (χ0) is 12.7. The third-order valence-corrected chi connectivity index (χ3v) is 2.92. The van der Waals surface area contributed by atoms with Crippen molar-refractivity contribution in [1.29, 1.82) is 0 Å². The molecule has 0 fully saturated rings. The Morgan fingerprint density at radius 3 is 2.53 bits per heavy atom. The maximum Gasteiger partial charge on any atom is 0.137 e. The van der Waals surface area contributed by atoms with Gasteiger partial charge in [-0.2, -0.15) is 0 Å². The molecule has 0 bridgehead atoms. The highest BCUT2D eigenvalue weighted by Crippen LogP contribution is 2.23. The molecule has 0 aliphatic heterocycles. The first-order valence-corrected chi connectivity index (χ1v) is 6.58. The van der Waals surface area contributed by atoms with E-state index < -0.39 is 0 Å². The first kappa shape index (κ1) is 13.7. The fraction of sp³-hybridized carbons (Fsp3) is 0.692. The quantitative estimate of drug-likeness (QED) is 0.790. The third-order valence-electron chi connectivity index (χ3n) is 2.92. The van der Waals surface area contributed by atoms with E-state index in [1.807, 2.05) is 0 Å². The average molecular weight is 236 g/mol. The summed E-state index contributed by atoms with van der Waals surface area (Å²) in [5.74, 6) is 1.65. The van der Waals surface area contributed by atoms with Crippen molar-refractivity contribution in [2.75, 3.05) is 23.7 Å². The van der Waals surface area contributed by atoms with Crippen LogP contribution in [0.3, 0.4) is 0 Å². The fourth-order valence-electron chi connectivity index (χ4n) is 1.94. The van der Waals surface area contributed by atoms with Crippen molar-refractivity contribution in [3.05, 3.63) is 11.9 Å². The molecule has 4 nitrogen and oxygen atoms in total. The van der Waals surface area contributed by atoms with Crippen molar-refractivity contribution in [3.63, 3.8) is 0 Å². The summed E-state index contributed by atoms with van der Waals surface area (Å²) in [6.07, 6.45) is 5.96. The molecule has 0 atom stereocenters. The molecule has 0 saturated heterocycles. The van der Waals surface area contributed by atoms with Crippen LogP contribution in [0.4, 0.5) is 11.6 Å². The van der Waals surface area contributed by atoms with Crippen LogP contribution < -0.4 is 10.6 Å². The van der Waals surface area contributed by atoms with Crippen LogP contribution >= 0.6 is 0 Å². The van der Waals surface area contributed by atoms with Crippen molar-refractivity contribution < 1.29 is 0 Å². The molecule has 0 aromatic carbocycles. The van der Waals surface area contributed by atoms with E-state index in [2.05, 4.69) is 35.6 Å². The lowest BCUT2D eigenvalue weighted by Gasteiger charge is -2.24. The van der Waals surface area contributed by atoms with Crippen LogP contribution in [0.15, 0.2) is 6.33 Å². The van der Waals surface area contributed by atoms with E-state index >= 15 is 0 Å². The summed E-state index contributed by atoms with van der Waals surface area (Å²) < 4.78 is 0. The van der Waals surface area contributed by atoms with Gasteiger partial charge < -0.3 is 10.6 Å². The van der Waals surface area contributed by atoms with Gasteiger partial charge in [0.05, 0.1) is 0 Å². The van der Waals surface area contributed by atoms with Gasteiger partial charge in [-0.05, 0) is 19.8 Å². The first-order chi connectivity index (χ1) is 8.24. The van der Waals surface area contributed by atoms with Gasteiger partial charge in [-0.1, -0.05) is 26.7 Å². The monoisotopic (exact) mass is 236 g/mol. The summed E-state index contributed by atoms with van der Waals surface area (Å²) in [4.78, 5) is 10.8. The Hall–Kier alpha value is -1.32. The number of unbranched alkanes of at least 4 members (excludes halogenated alkanes) is 1. The number of nitrogen functional groups attached to an aromatic ring is 1. The smallest absolute Gasteiger partial charge is 0.137 e. The maximum absolute atomic E-state index is 5.95. The molecule has 0 unspecified atom stereocenters. The second kappa shape index (κ2) is 7.09. The van der Waals surface area contributed by atoms with E-state index in [4.69, 9.17) is 5.73 Å². The summed E-state index contributed by atoms with van der Waals surface area (Å²) in [6.45, 7) is 8.52. The van der Waals surface area contributed by atoms with Gasteiger partial charge in [0.25, 0.3) is 0 Å². The van der Waals surface area contributed by atoms with Gasteiger partial charge in [0.1, 0.15) is 18.0 Å². The van der Waals surface area contributed by atoms with Gasteiger partial charge >= 0.3 is 0 Å². The van der Waals surface area contributed by atoms with Gasteiger partial charge in [-0.25, -0.2) is 9.97 Å². The van der Waals surface area contributed by atoms with Crippen molar-refractivity contribution in [2.24, 2.45) is 0 Å². The molecule has 4 heteroatoms. The van der Waals surface area contributed by atoms with E-state index in [-0.39, 0.29) is 0 Å². The normalized spacial score (nSPS) is 10.5. The highest BCUT2D eigenvalue weighted by molar-refractivity contribution is 5.56. The lowest BCUT2D eigenvalue weighted by atomic mass is 10.1. The Morgan fingerprint density at radius 1 is 1.18 bits per heavy atom. The van der Waals surface area contributed by atoms with Gasteiger partial charge in [0, 0.05) is 18.7 Å². The van der Waals surface area contributed by atoms with Crippen molar-refractivity contribution in [1.82, 2.24) is 9.97 Å². The van der Waals surface area contributed by atoms with Crippen LogP contribution in [0.25, 0.3) is 0 Å². The fourth-order valence-corrected chi connectivity index (χ4v) is 1.94. The first-order valence-electron chi connectivity index (χ1n) is 6.58. The van der Waals surface area contributed by atoms with Crippen LogP contribution in [0.2, 0.25) is 0 Å². The second-order valence-electron chi connectivity index (χ2n) is 4.24. The molecule has 0 aliphatic carbocycles. The van der Waals surface area contributed by atoms with Gasteiger partial charge in [-0.3, -0.25) is 0 Å². The molecule has 1 aromatic heterocycles. The average Bonchev–Trinajstić information content (AvgIpc) is 2.34. The van der Waals surface area contributed by atoms with Crippen LogP contribution in [-0.2, 0) is 6.42 Å². The molecule has 0 aliphatic rings. The summed E-state index contributed by atoms with van der Waals surface area (Å²) in [7, 11) is 0. The number of nitrogens with zero attached hydrogens (tertiary/aromatic N) is 3. The molecule has 0 amide bonds. The predicted octanol–water partition coefficient (Wildman–Crippen LogP) is 2.64. The van der Waals surface area contributed by atoms with Gasteiger partial charge in [0.15, 0.2) is 0 Å². The van der Waals surface area contributed by atoms with Crippen molar-refractivity contribution >= 4 is 11.6 Å². The minimum absolute atomic E-state index is 0.631. The van der Waals surface area contributed by atoms with E-state index in [1.54, 1.807) is 6.33 Å². The Morgan fingerprint density at radius 2 is 1.94 bits per heavy atom. The Labute approximate surface area is 104 Å². The molecule has 1 heterocycles. The van der Waals surface area contributed by atoms with Crippen LogP contribution in [0.1, 0.15) is 45.6 Å². The number of anilines is 2. The van der Waals surface area contributed by atoms with E-state index in [9.17, 15) is 0 Å². The minimum Gasteiger partial charge on any atom is -0.383 e. The SMILES string of the molecule is CCCCN(CC)c1ncnc(N)c1CCC. The number of hydrogen-bond donors (Lipinski definition) is 1. The summed E-state index contributed by atoms with van der Waals surface area (Å²) >= 11 is 0. The molecular formula is C13H24N4. The molecular weight excluding hydrogens is 212 g/mol. The number of hydrogen-bond acceptors (Lipinski definition) is 4. The molecule has 0 saturated carbocycles. The van der Waals surface area contributed by atoms with Crippen LogP contribution in [0, 0.1) is 0 Å². The maximum atomic E-state index is 5.95. The largest absolute Gasteiger partial charge is 0.383 e. The molecule has 96 valence electrons. The Balaban J connectivity index is 2.96. The van der Waals surface area contributed by atoms with E-state index in [0.29, 0.717) is 5.82 Å². The standard InChI is InChI=1S/C13H24N4/c1-4-7-9-17(6-3)13-11(8-5-2)12(14)15-10-16-13/h10H,4-9H2,1-3H3,(H2,14,15,16). The summed E-state index contributed by atoms with van der Waals surface area (Å²) in [5.41, 5.74) is 7.06. The zero-order valence-electron chi connectivity index (χ0n) is 11.2. The summed E-state index contributed by atoms with van der Waals surface area (Å²) in [6, 6.07) is 0. The Kier molecular flexibility index (Phi) is 5.73. The van der Waals surface area contributed by atoms with Crippen molar-refractivity contribution in [3.8, 4) is 0 Å². The second-order valence-corrected chi connectivity index (χ2v) is 4.24. The van der Waals surface area contributed by atoms with E-state index in [0.717, 1.165) is 37.3 Å². The topological polar surface area (TPSA) is 55.0 Å². The molecule has 2 N–H and O–H groups in total.